The van der Waals surface area contributed by atoms with Gasteiger partial charge in [-0.3, -0.25) is 9.59 Å². The lowest BCUT2D eigenvalue weighted by molar-refractivity contribution is 0.0713. The summed E-state index contributed by atoms with van der Waals surface area (Å²) in [7, 11) is 0. The molecule has 5 rings (SSSR count). The number of ketones is 1. The van der Waals surface area contributed by atoms with Crippen molar-refractivity contribution < 1.29 is 14.0 Å². The number of anilines is 1. The molecule has 1 saturated heterocycles. The van der Waals surface area contributed by atoms with Crippen molar-refractivity contribution in [2.45, 2.75) is 19.8 Å². The van der Waals surface area contributed by atoms with Gasteiger partial charge >= 0.3 is 0 Å². The van der Waals surface area contributed by atoms with E-state index in [-0.39, 0.29) is 17.6 Å². The van der Waals surface area contributed by atoms with Crippen LogP contribution in [0.1, 0.15) is 44.3 Å². The van der Waals surface area contributed by atoms with Crippen molar-refractivity contribution in [3.05, 3.63) is 83.1 Å². The molecule has 7 nitrogen and oxygen atoms in total. The average molecular weight is 443 g/mol. The van der Waals surface area contributed by atoms with Gasteiger partial charge in [0.15, 0.2) is 11.5 Å². The molecule has 0 bridgehead atoms. The van der Waals surface area contributed by atoms with E-state index < -0.39 is 0 Å². The number of furan rings is 1. The van der Waals surface area contributed by atoms with Crippen molar-refractivity contribution in [3.8, 4) is 0 Å². The first-order chi connectivity index (χ1) is 16.1. The predicted octanol–water partition coefficient (Wildman–Crippen LogP) is 3.80. The van der Waals surface area contributed by atoms with Gasteiger partial charge in [0.05, 0.1) is 23.2 Å². The van der Waals surface area contributed by atoms with Crippen LogP contribution in [0.4, 0.5) is 5.95 Å². The number of carbonyl (C=O) groups excluding carboxylic acids is 2. The minimum atomic E-state index is -0.0965. The number of fused-ring (bicyclic) bond motifs is 1. The van der Waals surface area contributed by atoms with Crippen molar-refractivity contribution in [3.63, 3.8) is 0 Å². The van der Waals surface area contributed by atoms with Crippen LogP contribution in [0.2, 0.25) is 0 Å². The highest BCUT2D eigenvalue weighted by molar-refractivity contribution is 5.99. The first-order valence-electron chi connectivity index (χ1n) is 11.3. The number of amides is 1. The number of hydrogen-bond acceptors (Lipinski definition) is 6. The van der Waals surface area contributed by atoms with Crippen molar-refractivity contribution in [1.29, 1.82) is 0 Å². The third-order valence-electron chi connectivity index (χ3n) is 6.28. The van der Waals surface area contributed by atoms with Crippen LogP contribution in [0.15, 0.2) is 59.2 Å². The van der Waals surface area contributed by atoms with Gasteiger partial charge in [-0.15, -0.1) is 0 Å². The SMILES string of the molecule is Cc1nc(N2CCN(C(=O)c3ccco3)CC2)nc2c1C(=O)CC(/C=C/c1ccccc1)C2. The summed E-state index contributed by atoms with van der Waals surface area (Å²) in [5, 5.41) is 0. The number of piperazine rings is 1. The maximum absolute atomic E-state index is 12.9. The van der Waals surface area contributed by atoms with Gasteiger partial charge < -0.3 is 14.2 Å². The Kier molecular flexibility index (Phi) is 5.77. The lowest BCUT2D eigenvalue weighted by Crippen LogP contribution is -2.49. The van der Waals surface area contributed by atoms with Crippen molar-refractivity contribution in [2.24, 2.45) is 5.92 Å². The number of Topliss-reactive ketones (excluding diaryl/α,β-unsaturated/α-hetero) is 1. The maximum atomic E-state index is 12.9. The first-order valence-corrected chi connectivity index (χ1v) is 11.3. The summed E-state index contributed by atoms with van der Waals surface area (Å²) in [6.45, 7) is 4.30. The van der Waals surface area contributed by atoms with Crippen LogP contribution < -0.4 is 4.90 Å². The molecule has 1 aromatic carbocycles. The molecular weight excluding hydrogens is 416 g/mol. The number of aromatic nitrogens is 2. The van der Waals surface area contributed by atoms with E-state index in [4.69, 9.17) is 9.40 Å². The fraction of sp³-hybridized carbons (Fsp3) is 0.308. The molecule has 1 aliphatic carbocycles. The van der Waals surface area contributed by atoms with Crippen LogP contribution in [0.5, 0.6) is 0 Å². The zero-order chi connectivity index (χ0) is 22.8. The molecule has 0 radical (unpaired) electrons. The topological polar surface area (TPSA) is 79.5 Å². The largest absolute Gasteiger partial charge is 0.459 e. The number of allylic oxidation sites excluding steroid dienone is 1. The van der Waals surface area contributed by atoms with E-state index in [2.05, 4.69) is 34.2 Å². The lowest BCUT2D eigenvalue weighted by atomic mass is 9.85. The minimum absolute atomic E-state index is 0.0965. The quantitative estimate of drug-likeness (QED) is 0.612. The molecule has 1 unspecified atom stereocenters. The van der Waals surface area contributed by atoms with Gasteiger partial charge in [-0.2, -0.15) is 0 Å². The number of hydrogen-bond donors (Lipinski definition) is 0. The molecule has 1 aliphatic heterocycles. The summed E-state index contributed by atoms with van der Waals surface area (Å²) in [5.41, 5.74) is 3.36. The summed E-state index contributed by atoms with van der Waals surface area (Å²) in [4.78, 5) is 38.7. The number of carbonyl (C=O) groups is 2. The van der Waals surface area contributed by atoms with E-state index >= 15 is 0 Å². The van der Waals surface area contributed by atoms with E-state index in [0.29, 0.717) is 49.9 Å². The summed E-state index contributed by atoms with van der Waals surface area (Å²) in [6.07, 6.45) is 6.90. The Bertz CT molecular complexity index is 1180. The number of benzene rings is 1. The van der Waals surface area contributed by atoms with Crippen molar-refractivity contribution in [2.75, 3.05) is 31.1 Å². The Morgan fingerprint density at radius 1 is 1.03 bits per heavy atom. The minimum Gasteiger partial charge on any atom is -0.459 e. The monoisotopic (exact) mass is 442 g/mol. The molecular formula is C26H26N4O3. The Morgan fingerprint density at radius 2 is 1.82 bits per heavy atom. The Labute approximate surface area is 192 Å². The third kappa shape index (κ3) is 4.44. The van der Waals surface area contributed by atoms with Crippen molar-refractivity contribution in [1.82, 2.24) is 14.9 Å². The summed E-state index contributed by atoms with van der Waals surface area (Å²) in [5.74, 6) is 1.13. The second-order valence-corrected chi connectivity index (χ2v) is 8.55. The number of aryl methyl sites for hydroxylation is 1. The zero-order valence-corrected chi connectivity index (χ0v) is 18.6. The van der Waals surface area contributed by atoms with Gasteiger partial charge in [0.25, 0.3) is 5.91 Å². The Hall–Kier alpha value is -3.74. The number of rotatable bonds is 4. The van der Waals surface area contributed by atoms with Crippen LogP contribution in [0.25, 0.3) is 6.08 Å². The smallest absolute Gasteiger partial charge is 0.289 e. The van der Waals surface area contributed by atoms with Crippen LogP contribution in [0.3, 0.4) is 0 Å². The molecule has 2 aliphatic rings. The van der Waals surface area contributed by atoms with Gasteiger partial charge in [0, 0.05) is 32.6 Å². The highest BCUT2D eigenvalue weighted by Crippen LogP contribution is 2.29. The molecule has 1 amide bonds. The molecule has 168 valence electrons. The second-order valence-electron chi connectivity index (χ2n) is 8.55. The fourth-order valence-corrected chi connectivity index (χ4v) is 4.54. The molecule has 0 saturated carbocycles. The van der Waals surface area contributed by atoms with Gasteiger partial charge in [0.1, 0.15) is 0 Å². The van der Waals surface area contributed by atoms with Crippen LogP contribution in [-0.4, -0.2) is 52.7 Å². The summed E-state index contributed by atoms with van der Waals surface area (Å²) >= 11 is 0. The van der Waals surface area contributed by atoms with E-state index in [9.17, 15) is 9.59 Å². The van der Waals surface area contributed by atoms with Gasteiger partial charge in [-0.1, -0.05) is 42.5 Å². The van der Waals surface area contributed by atoms with E-state index in [0.717, 1.165) is 23.4 Å². The molecule has 0 N–H and O–H groups in total. The normalized spacial score (nSPS) is 18.6. The Morgan fingerprint density at radius 3 is 2.55 bits per heavy atom. The van der Waals surface area contributed by atoms with E-state index in [1.54, 1.807) is 17.0 Å². The van der Waals surface area contributed by atoms with E-state index in [1.807, 2.05) is 25.1 Å². The molecule has 33 heavy (non-hydrogen) atoms. The molecule has 1 atom stereocenters. The van der Waals surface area contributed by atoms with Crippen LogP contribution >= 0.6 is 0 Å². The third-order valence-corrected chi connectivity index (χ3v) is 6.28. The first kappa shape index (κ1) is 21.1. The van der Waals surface area contributed by atoms with E-state index in [1.165, 1.54) is 6.26 Å². The molecule has 3 heterocycles. The molecule has 1 fully saturated rings. The lowest BCUT2D eigenvalue weighted by Gasteiger charge is -2.35. The van der Waals surface area contributed by atoms with Gasteiger partial charge in [0.2, 0.25) is 5.95 Å². The summed E-state index contributed by atoms with van der Waals surface area (Å²) in [6, 6.07) is 13.5. The highest BCUT2D eigenvalue weighted by atomic mass is 16.3. The molecule has 0 spiro atoms. The average Bonchev–Trinajstić information content (AvgIpc) is 3.38. The predicted molar refractivity (Wildman–Crippen MR) is 125 cm³/mol. The Balaban J connectivity index is 1.30. The molecule has 7 heteroatoms. The van der Waals surface area contributed by atoms with Crippen LogP contribution in [0, 0.1) is 12.8 Å². The zero-order valence-electron chi connectivity index (χ0n) is 18.6. The second kappa shape index (κ2) is 9.02. The van der Waals surface area contributed by atoms with Gasteiger partial charge in [-0.25, -0.2) is 9.97 Å². The highest BCUT2D eigenvalue weighted by Gasteiger charge is 2.30. The fourth-order valence-electron chi connectivity index (χ4n) is 4.54. The molecule has 3 aromatic rings. The van der Waals surface area contributed by atoms with Gasteiger partial charge in [-0.05, 0) is 37.0 Å². The maximum Gasteiger partial charge on any atom is 0.289 e. The van der Waals surface area contributed by atoms with Crippen LogP contribution in [-0.2, 0) is 6.42 Å². The summed E-state index contributed by atoms with van der Waals surface area (Å²) < 4.78 is 5.24. The molecule has 2 aromatic heterocycles. The number of nitrogens with zero attached hydrogens (tertiary/aromatic N) is 4. The standard InChI is InChI=1S/C26H26N4O3/c1-18-24-21(16-20(17-22(24)31)10-9-19-6-3-2-4-7-19)28-26(27-18)30-13-11-29(12-14-30)25(32)23-8-5-15-33-23/h2-10,15,20H,11-14,16-17H2,1H3/b10-9+. The van der Waals surface area contributed by atoms with Crippen molar-refractivity contribution >= 4 is 23.7 Å².